The summed E-state index contributed by atoms with van der Waals surface area (Å²) in [6.45, 7) is 0. The van der Waals surface area contributed by atoms with Gasteiger partial charge < -0.3 is 9.47 Å². The number of rotatable bonds is 5. The maximum atomic E-state index is 2.41. The van der Waals surface area contributed by atoms with Crippen molar-refractivity contribution >= 4 is 81.1 Å². The van der Waals surface area contributed by atoms with Crippen LogP contribution in [-0.4, -0.2) is 4.57 Å². The second kappa shape index (κ2) is 11.2. The van der Waals surface area contributed by atoms with Crippen LogP contribution in [0.4, 0.5) is 17.1 Å². The van der Waals surface area contributed by atoms with E-state index in [-0.39, 0.29) is 0 Å². The van der Waals surface area contributed by atoms with Gasteiger partial charge in [-0.05, 0) is 94.7 Å². The molecule has 2 aromatic heterocycles. The average molecular weight is 643 g/mol. The van der Waals surface area contributed by atoms with Gasteiger partial charge in [-0.2, -0.15) is 0 Å². The van der Waals surface area contributed by atoms with E-state index in [1.165, 1.54) is 63.9 Å². The van der Waals surface area contributed by atoms with Gasteiger partial charge in [0.2, 0.25) is 0 Å². The highest BCUT2D eigenvalue weighted by atomic mass is 32.1. The van der Waals surface area contributed by atoms with E-state index in [4.69, 9.17) is 0 Å². The fourth-order valence-corrected chi connectivity index (χ4v) is 8.62. The third kappa shape index (κ3) is 4.55. The second-order valence-electron chi connectivity index (χ2n) is 12.6. The summed E-state index contributed by atoms with van der Waals surface area (Å²) in [5, 5.41) is 7.69. The van der Waals surface area contributed by atoms with E-state index < -0.39 is 0 Å². The first kappa shape index (κ1) is 27.9. The predicted molar refractivity (Wildman–Crippen MR) is 211 cm³/mol. The standard InChI is InChI=1S/C46H30N2S/c1-3-12-35(13-4-1)47(43-20-11-18-40-38-16-7-9-19-42(38)48(46(40)43)36-14-5-2-6-15-36)37-26-24-31(25-27-37)32-22-23-33-30-45-41(29-34(33)28-32)39-17-8-10-21-44(39)49-45/h1-30H. The molecule has 0 N–H and O–H groups in total. The monoisotopic (exact) mass is 642 g/mol. The lowest BCUT2D eigenvalue weighted by Crippen LogP contribution is -2.11. The summed E-state index contributed by atoms with van der Waals surface area (Å²) in [5.74, 6) is 0. The molecule has 0 bridgehead atoms. The third-order valence-electron chi connectivity index (χ3n) is 9.74. The molecule has 0 radical (unpaired) electrons. The maximum Gasteiger partial charge on any atom is 0.0782 e. The molecule has 0 amide bonds. The molecule has 0 aliphatic carbocycles. The van der Waals surface area contributed by atoms with E-state index >= 15 is 0 Å². The maximum absolute atomic E-state index is 2.41. The van der Waals surface area contributed by atoms with Crippen molar-refractivity contribution in [2.75, 3.05) is 4.90 Å². The van der Waals surface area contributed by atoms with Crippen LogP contribution in [0, 0.1) is 0 Å². The van der Waals surface area contributed by atoms with E-state index in [1.54, 1.807) is 0 Å². The average Bonchev–Trinajstić information content (AvgIpc) is 3.70. The summed E-state index contributed by atoms with van der Waals surface area (Å²) in [6, 6.07) is 66.1. The van der Waals surface area contributed by atoms with Gasteiger partial charge in [-0.15, -0.1) is 11.3 Å². The van der Waals surface area contributed by atoms with Crippen molar-refractivity contribution in [1.29, 1.82) is 0 Å². The number of anilines is 3. The number of fused-ring (bicyclic) bond motifs is 7. The summed E-state index contributed by atoms with van der Waals surface area (Å²) < 4.78 is 5.09. The highest BCUT2D eigenvalue weighted by Crippen LogP contribution is 2.44. The topological polar surface area (TPSA) is 8.17 Å². The summed E-state index contributed by atoms with van der Waals surface area (Å²) in [7, 11) is 0. The number of benzene rings is 8. The fourth-order valence-electron chi connectivity index (χ4n) is 7.48. The first-order valence-corrected chi connectivity index (χ1v) is 17.5. The quantitative estimate of drug-likeness (QED) is 0.181. The van der Waals surface area contributed by atoms with Crippen molar-refractivity contribution in [2.24, 2.45) is 0 Å². The minimum absolute atomic E-state index is 1.11. The second-order valence-corrected chi connectivity index (χ2v) is 13.7. The number of hydrogen-bond donors (Lipinski definition) is 0. The Balaban J connectivity index is 1.13. The van der Waals surface area contributed by atoms with Crippen LogP contribution in [0.2, 0.25) is 0 Å². The molecule has 0 unspecified atom stereocenters. The van der Waals surface area contributed by atoms with E-state index in [2.05, 4.69) is 191 Å². The lowest BCUT2D eigenvalue weighted by atomic mass is 9.99. The number of aromatic nitrogens is 1. The molecule has 0 saturated heterocycles. The van der Waals surface area contributed by atoms with Crippen molar-refractivity contribution in [3.63, 3.8) is 0 Å². The molecule has 230 valence electrons. The van der Waals surface area contributed by atoms with Crippen LogP contribution >= 0.6 is 11.3 Å². The van der Waals surface area contributed by atoms with Crippen LogP contribution in [0.5, 0.6) is 0 Å². The van der Waals surface area contributed by atoms with Crippen molar-refractivity contribution in [2.45, 2.75) is 0 Å². The zero-order valence-corrected chi connectivity index (χ0v) is 27.4. The Kier molecular flexibility index (Phi) is 6.39. The SMILES string of the molecule is c1ccc(N(c2ccc(-c3ccc4cc5sc6ccccc6c5cc4c3)cc2)c2cccc3c4ccccc4n(-c4ccccc4)c23)cc1. The van der Waals surface area contributed by atoms with E-state index in [0.717, 1.165) is 22.7 Å². The van der Waals surface area contributed by atoms with Gasteiger partial charge in [-0.3, -0.25) is 0 Å². The smallest absolute Gasteiger partial charge is 0.0782 e. The van der Waals surface area contributed by atoms with Crippen LogP contribution in [-0.2, 0) is 0 Å². The van der Waals surface area contributed by atoms with Gasteiger partial charge in [0, 0.05) is 48.0 Å². The number of nitrogens with zero attached hydrogens (tertiary/aromatic N) is 2. The molecule has 0 fully saturated rings. The van der Waals surface area contributed by atoms with Gasteiger partial charge in [0.25, 0.3) is 0 Å². The molecule has 0 aliphatic rings. The minimum Gasteiger partial charge on any atom is -0.308 e. The Hall–Kier alpha value is -6.16. The van der Waals surface area contributed by atoms with Gasteiger partial charge in [-0.25, -0.2) is 0 Å². The Morgan fingerprint density at radius 1 is 0.408 bits per heavy atom. The Morgan fingerprint density at radius 2 is 1.08 bits per heavy atom. The van der Waals surface area contributed by atoms with E-state index in [1.807, 2.05) is 11.3 Å². The molecule has 10 rings (SSSR count). The zero-order valence-electron chi connectivity index (χ0n) is 26.6. The molecule has 10 aromatic rings. The number of para-hydroxylation sites is 4. The lowest BCUT2D eigenvalue weighted by molar-refractivity contribution is 1.17. The summed E-state index contributed by atoms with van der Waals surface area (Å²) in [6.07, 6.45) is 0. The Morgan fingerprint density at radius 3 is 1.92 bits per heavy atom. The van der Waals surface area contributed by atoms with Crippen molar-refractivity contribution < 1.29 is 0 Å². The lowest BCUT2D eigenvalue weighted by Gasteiger charge is -2.27. The van der Waals surface area contributed by atoms with Gasteiger partial charge in [0.15, 0.2) is 0 Å². The van der Waals surface area contributed by atoms with Gasteiger partial charge >= 0.3 is 0 Å². The molecule has 2 heterocycles. The first-order valence-electron chi connectivity index (χ1n) is 16.7. The molecule has 49 heavy (non-hydrogen) atoms. The molecule has 0 saturated carbocycles. The van der Waals surface area contributed by atoms with Gasteiger partial charge in [0.05, 0.1) is 16.7 Å². The van der Waals surface area contributed by atoms with Crippen LogP contribution < -0.4 is 4.90 Å². The molecular weight excluding hydrogens is 613 g/mol. The van der Waals surface area contributed by atoms with E-state index in [0.29, 0.717) is 0 Å². The van der Waals surface area contributed by atoms with E-state index in [9.17, 15) is 0 Å². The third-order valence-corrected chi connectivity index (χ3v) is 10.9. The van der Waals surface area contributed by atoms with Crippen LogP contribution in [0.15, 0.2) is 182 Å². The zero-order chi connectivity index (χ0) is 32.3. The summed E-state index contributed by atoms with van der Waals surface area (Å²) in [5.41, 5.74) is 9.31. The fraction of sp³-hybridized carbons (Fsp3) is 0. The molecule has 3 heteroatoms. The highest BCUT2D eigenvalue weighted by Gasteiger charge is 2.21. The van der Waals surface area contributed by atoms with Crippen molar-refractivity contribution in [3.05, 3.63) is 182 Å². The Labute approximate surface area is 288 Å². The van der Waals surface area contributed by atoms with Crippen molar-refractivity contribution in [1.82, 2.24) is 4.57 Å². The Bertz CT molecular complexity index is 2810. The van der Waals surface area contributed by atoms with Crippen LogP contribution in [0.1, 0.15) is 0 Å². The highest BCUT2D eigenvalue weighted by molar-refractivity contribution is 7.25. The number of thiophene rings is 1. The van der Waals surface area contributed by atoms with Crippen LogP contribution in [0.3, 0.4) is 0 Å². The molecule has 8 aromatic carbocycles. The number of hydrogen-bond acceptors (Lipinski definition) is 2. The molecular formula is C46H30N2S. The van der Waals surface area contributed by atoms with Crippen LogP contribution in [0.25, 0.3) is 69.6 Å². The molecule has 0 spiro atoms. The summed E-state index contributed by atoms with van der Waals surface area (Å²) in [4.78, 5) is 2.39. The normalized spacial score (nSPS) is 11.7. The van der Waals surface area contributed by atoms with Gasteiger partial charge in [0.1, 0.15) is 0 Å². The molecule has 0 atom stereocenters. The molecule has 0 aliphatic heterocycles. The predicted octanol–water partition coefficient (Wildman–Crippen LogP) is 13.4. The first-order chi connectivity index (χ1) is 24.3. The largest absolute Gasteiger partial charge is 0.308 e. The van der Waals surface area contributed by atoms with Crippen molar-refractivity contribution in [3.8, 4) is 16.8 Å². The summed E-state index contributed by atoms with van der Waals surface area (Å²) >= 11 is 1.87. The van der Waals surface area contributed by atoms with Gasteiger partial charge in [-0.1, -0.05) is 109 Å². The molecule has 2 nitrogen and oxygen atoms in total. The minimum atomic E-state index is 1.11.